The largest absolute Gasteiger partial charge is 0.372 e. The van der Waals surface area contributed by atoms with Crippen molar-refractivity contribution in [2.75, 3.05) is 0 Å². The lowest BCUT2D eigenvalue weighted by molar-refractivity contribution is -0.125. The number of amides is 1. The fourth-order valence-corrected chi connectivity index (χ4v) is 4.44. The molecule has 0 aromatic heterocycles. The van der Waals surface area contributed by atoms with E-state index in [2.05, 4.69) is 5.32 Å². The van der Waals surface area contributed by atoms with Crippen LogP contribution in [0.5, 0.6) is 0 Å². The molecule has 0 aromatic carbocycles. The van der Waals surface area contributed by atoms with Crippen LogP contribution in [0.4, 0.5) is 8.78 Å². The molecule has 1 amide bonds. The predicted molar refractivity (Wildman–Crippen MR) is 84.9 cm³/mol. The summed E-state index contributed by atoms with van der Waals surface area (Å²) in [5, 5.41) is -1.21. The summed E-state index contributed by atoms with van der Waals surface area (Å²) in [6.45, 7) is 0. The molecule has 4 N–H and O–H groups in total. The number of halogens is 2. The van der Waals surface area contributed by atoms with Gasteiger partial charge in [0.15, 0.2) is 0 Å². The van der Waals surface area contributed by atoms with Crippen molar-refractivity contribution < 1.29 is 26.5 Å². The van der Waals surface area contributed by atoms with Crippen molar-refractivity contribution in [3.63, 3.8) is 0 Å². The van der Waals surface area contributed by atoms with E-state index in [0.717, 1.165) is 25.7 Å². The summed E-state index contributed by atoms with van der Waals surface area (Å²) in [4.78, 5) is 12.2. The molecule has 0 radical (unpaired) electrons. The van der Waals surface area contributed by atoms with Gasteiger partial charge in [0.25, 0.3) is 0 Å². The molecule has 0 saturated heterocycles. The maximum absolute atomic E-state index is 13.7. The Labute approximate surface area is 141 Å². The minimum absolute atomic E-state index is 0.0815. The third-order valence-electron chi connectivity index (χ3n) is 5.35. The number of hydrogen-bond donors (Lipinski definition) is 3. The number of carbonyl (C=O) groups excluding carboxylic acids is 1. The van der Waals surface area contributed by atoms with E-state index in [4.69, 9.17) is 10.3 Å². The van der Waals surface area contributed by atoms with Gasteiger partial charge in [0.2, 0.25) is 5.91 Å². The first-order valence-corrected chi connectivity index (χ1v) is 9.97. The van der Waals surface area contributed by atoms with Crippen molar-refractivity contribution in [3.05, 3.63) is 0 Å². The van der Waals surface area contributed by atoms with E-state index in [-0.39, 0.29) is 43.6 Å². The zero-order chi connectivity index (χ0) is 18.0. The minimum atomic E-state index is -5.42. The molecule has 2 saturated carbocycles. The summed E-state index contributed by atoms with van der Waals surface area (Å²) in [5.41, 5.74) is 5.98. The first kappa shape index (κ1) is 19.5. The number of carbonyl (C=O) groups is 1. The normalized spacial score (nSPS) is 28.3. The van der Waals surface area contributed by atoms with E-state index in [9.17, 15) is 22.0 Å². The van der Waals surface area contributed by atoms with Crippen LogP contribution in [0.1, 0.15) is 57.8 Å². The molecule has 0 spiro atoms. The lowest BCUT2D eigenvalue weighted by Gasteiger charge is -2.34. The van der Waals surface area contributed by atoms with Gasteiger partial charge in [0.1, 0.15) is 0 Å². The van der Waals surface area contributed by atoms with E-state index in [0.29, 0.717) is 0 Å². The summed E-state index contributed by atoms with van der Waals surface area (Å²) in [5.74, 6) is -1.94. The highest BCUT2D eigenvalue weighted by Crippen LogP contribution is 2.42. The molecule has 0 bridgehead atoms. The second-order valence-electron chi connectivity index (χ2n) is 7.02. The summed E-state index contributed by atoms with van der Waals surface area (Å²) in [6.07, 6.45) is 5.53. The first-order valence-electron chi connectivity index (χ1n) is 8.53. The fourth-order valence-electron chi connectivity index (χ4n) is 3.78. The van der Waals surface area contributed by atoms with Crippen LogP contribution in [0, 0.1) is 11.8 Å². The molecule has 1 atom stereocenters. The Morgan fingerprint density at radius 3 is 2.12 bits per heavy atom. The van der Waals surface area contributed by atoms with Crippen molar-refractivity contribution in [2.45, 2.75) is 75.1 Å². The summed E-state index contributed by atoms with van der Waals surface area (Å²) < 4.78 is 57.6. The van der Waals surface area contributed by atoms with Crippen molar-refractivity contribution >= 4 is 16.0 Å². The smallest absolute Gasteiger partial charge is 0.352 e. The first-order chi connectivity index (χ1) is 11.1. The van der Waals surface area contributed by atoms with E-state index in [1.54, 1.807) is 0 Å². The molecular weight excluding hydrogens is 342 g/mol. The SMILES string of the molecule is NC(C(=O)NC1CCCCC1)C1CCC(C(F)(F)S(=O)(=O)O)CC1. The monoisotopic (exact) mass is 368 g/mol. The van der Waals surface area contributed by atoms with Gasteiger partial charge in [-0.15, -0.1) is 0 Å². The average Bonchev–Trinajstić information content (AvgIpc) is 2.54. The standard InChI is InChI=1S/C15H26F2N2O4S/c16-15(17,24(21,22)23)11-8-6-10(7-9-11)13(18)14(20)19-12-4-2-1-3-5-12/h10-13H,1-9,18H2,(H,19,20)(H,21,22,23). The van der Waals surface area contributed by atoms with Gasteiger partial charge in [-0.1, -0.05) is 19.3 Å². The quantitative estimate of drug-likeness (QED) is 0.644. The Hall–Kier alpha value is -0.800. The molecular formula is C15H26F2N2O4S. The third-order valence-corrected chi connectivity index (χ3v) is 6.37. The molecule has 2 rings (SSSR count). The Morgan fingerprint density at radius 1 is 1.08 bits per heavy atom. The van der Waals surface area contributed by atoms with Crippen molar-refractivity contribution in [1.29, 1.82) is 0 Å². The molecule has 2 aliphatic rings. The second-order valence-corrected chi connectivity index (χ2v) is 8.51. The van der Waals surface area contributed by atoms with E-state index in [1.165, 1.54) is 6.42 Å². The zero-order valence-corrected chi connectivity index (χ0v) is 14.4. The Bertz CT molecular complexity index is 542. The average molecular weight is 368 g/mol. The van der Waals surface area contributed by atoms with Crippen molar-refractivity contribution in [3.8, 4) is 0 Å². The second kappa shape index (κ2) is 7.61. The van der Waals surface area contributed by atoms with Crippen LogP contribution < -0.4 is 11.1 Å². The predicted octanol–water partition coefficient (Wildman–Crippen LogP) is 2.05. The van der Waals surface area contributed by atoms with E-state index >= 15 is 0 Å². The maximum atomic E-state index is 13.7. The zero-order valence-electron chi connectivity index (χ0n) is 13.6. The van der Waals surface area contributed by atoms with Crippen LogP contribution in [0.25, 0.3) is 0 Å². The highest BCUT2D eigenvalue weighted by molar-refractivity contribution is 7.86. The Morgan fingerprint density at radius 2 is 1.62 bits per heavy atom. The third kappa shape index (κ3) is 4.43. The van der Waals surface area contributed by atoms with Gasteiger partial charge in [-0.05, 0) is 44.4 Å². The van der Waals surface area contributed by atoms with Crippen molar-refractivity contribution in [1.82, 2.24) is 5.32 Å². The van der Waals surface area contributed by atoms with Crippen LogP contribution in [-0.4, -0.2) is 36.2 Å². The van der Waals surface area contributed by atoms with Gasteiger partial charge in [-0.2, -0.15) is 17.2 Å². The molecule has 0 aromatic rings. The fraction of sp³-hybridized carbons (Fsp3) is 0.933. The highest BCUT2D eigenvalue weighted by atomic mass is 32.2. The Balaban J connectivity index is 1.86. The molecule has 0 aliphatic heterocycles. The molecule has 0 heterocycles. The van der Waals surface area contributed by atoms with Crippen LogP contribution in [0.2, 0.25) is 0 Å². The summed E-state index contributed by atoms with van der Waals surface area (Å²) in [7, 11) is -5.42. The molecule has 6 nitrogen and oxygen atoms in total. The molecule has 24 heavy (non-hydrogen) atoms. The van der Waals surface area contributed by atoms with Crippen molar-refractivity contribution in [2.24, 2.45) is 17.6 Å². The lowest BCUT2D eigenvalue weighted by Crippen LogP contribution is -2.50. The van der Waals surface area contributed by atoms with Gasteiger partial charge < -0.3 is 11.1 Å². The van der Waals surface area contributed by atoms with Gasteiger partial charge in [-0.3, -0.25) is 9.35 Å². The summed E-state index contributed by atoms with van der Waals surface area (Å²) in [6, 6.07) is -0.635. The summed E-state index contributed by atoms with van der Waals surface area (Å²) >= 11 is 0. The topological polar surface area (TPSA) is 109 Å². The van der Waals surface area contributed by atoms with Crippen LogP contribution in [-0.2, 0) is 14.9 Å². The van der Waals surface area contributed by atoms with E-state index < -0.39 is 27.3 Å². The van der Waals surface area contributed by atoms with Gasteiger partial charge in [0, 0.05) is 12.0 Å². The number of rotatable bonds is 5. The number of nitrogens with two attached hydrogens (primary N) is 1. The number of alkyl halides is 2. The molecule has 9 heteroatoms. The van der Waals surface area contributed by atoms with Crippen LogP contribution >= 0.6 is 0 Å². The minimum Gasteiger partial charge on any atom is -0.352 e. The molecule has 1 unspecified atom stereocenters. The van der Waals surface area contributed by atoms with Gasteiger partial charge >= 0.3 is 15.4 Å². The lowest BCUT2D eigenvalue weighted by atomic mass is 9.78. The van der Waals surface area contributed by atoms with Crippen LogP contribution in [0.3, 0.4) is 0 Å². The Kier molecular flexibility index (Phi) is 6.19. The maximum Gasteiger partial charge on any atom is 0.372 e. The number of nitrogens with one attached hydrogen (secondary N) is 1. The van der Waals surface area contributed by atoms with Gasteiger partial charge in [-0.25, -0.2) is 0 Å². The molecule has 140 valence electrons. The van der Waals surface area contributed by atoms with Crippen LogP contribution in [0.15, 0.2) is 0 Å². The molecule has 2 fully saturated rings. The highest BCUT2D eigenvalue weighted by Gasteiger charge is 2.52. The number of hydrogen-bond acceptors (Lipinski definition) is 4. The molecule has 2 aliphatic carbocycles. The van der Waals surface area contributed by atoms with E-state index in [1.807, 2.05) is 0 Å². The van der Waals surface area contributed by atoms with Gasteiger partial charge in [0.05, 0.1) is 6.04 Å².